The summed E-state index contributed by atoms with van der Waals surface area (Å²) in [7, 11) is 3.08. The minimum Gasteiger partial charge on any atom is -0.493 e. The molecule has 1 N–H and O–H groups in total. The molecule has 0 unspecified atom stereocenters. The average Bonchev–Trinajstić information content (AvgIpc) is 2.83. The first-order chi connectivity index (χ1) is 8.65. The van der Waals surface area contributed by atoms with Gasteiger partial charge in [-0.15, -0.1) is 0 Å². The van der Waals surface area contributed by atoms with Crippen LogP contribution in [0.15, 0.2) is 18.2 Å². The van der Waals surface area contributed by atoms with E-state index >= 15 is 0 Å². The molecule has 1 aromatic carbocycles. The first kappa shape index (κ1) is 12.7. The zero-order chi connectivity index (χ0) is 13.1. The number of benzene rings is 1. The molecule has 1 aliphatic heterocycles. The summed E-state index contributed by atoms with van der Waals surface area (Å²) in [4.78, 5) is 11.0. The van der Waals surface area contributed by atoms with Crippen LogP contribution in [0, 0.1) is 0 Å². The summed E-state index contributed by atoms with van der Waals surface area (Å²) in [6.07, 6.45) is -0.421. The van der Waals surface area contributed by atoms with Crippen molar-refractivity contribution in [3.05, 3.63) is 23.8 Å². The topological polar surface area (TPSA) is 65.0 Å². The molecule has 0 aliphatic carbocycles. The highest BCUT2D eigenvalue weighted by Crippen LogP contribution is 2.33. The maximum Gasteiger partial charge on any atom is 0.306 e. The molecule has 0 spiro atoms. The number of carbonyl (C=O) groups excluding carboxylic acids is 1. The van der Waals surface area contributed by atoms with Crippen molar-refractivity contribution in [1.82, 2.24) is 0 Å². The van der Waals surface area contributed by atoms with Gasteiger partial charge in [0.25, 0.3) is 0 Å². The minimum absolute atomic E-state index is 0.264. The average molecular weight is 252 g/mol. The van der Waals surface area contributed by atoms with Crippen LogP contribution in [0.2, 0.25) is 0 Å². The summed E-state index contributed by atoms with van der Waals surface area (Å²) in [5.41, 5.74) is 0.646. The van der Waals surface area contributed by atoms with E-state index in [1.807, 2.05) is 0 Å². The number of aliphatic hydroxyl groups excluding tert-OH is 1. The van der Waals surface area contributed by atoms with Crippen molar-refractivity contribution in [2.45, 2.75) is 25.0 Å². The molecule has 1 aliphatic rings. The van der Waals surface area contributed by atoms with Gasteiger partial charge in [0.1, 0.15) is 12.2 Å². The number of cyclic esters (lactones) is 1. The Hall–Kier alpha value is -1.75. The molecule has 0 aromatic heterocycles. The molecule has 0 saturated carbocycles. The van der Waals surface area contributed by atoms with Crippen LogP contribution in [0.4, 0.5) is 0 Å². The maximum atomic E-state index is 11.0. The number of carbonyl (C=O) groups is 1. The number of hydrogen-bond donors (Lipinski definition) is 1. The third kappa shape index (κ3) is 2.41. The third-order valence-corrected chi connectivity index (χ3v) is 3.02. The lowest BCUT2D eigenvalue weighted by Gasteiger charge is -2.18. The molecule has 5 heteroatoms. The number of rotatable bonds is 4. The van der Waals surface area contributed by atoms with Gasteiger partial charge in [-0.25, -0.2) is 0 Å². The van der Waals surface area contributed by atoms with Gasteiger partial charge in [0.15, 0.2) is 11.5 Å². The second-order valence-electron chi connectivity index (χ2n) is 4.13. The van der Waals surface area contributed by atoms with Crippen molar-refractivity contribution in [1.29, 1.82) is 0 Å². The van der Waals surface area contributed by atoms with Gasteiger partial charge < -0.3 is 19.3 Å². The Morgan fingerprint density at radius 3 is 2.61 bits per heavy atom. The molecule has 0 radical (unpaired) electrons. The monoisotopic (exact) mass is 252 g/mol. The molecular weight excluding hydrogens is 236 g/mol. The number of methoxy groups -OCH3 is 2. The first-order valence-electron chi connectivity index (χ1n) is 5.75. The molecule has 2 rings (SSSR count). The molecular formula is C13H16O5. The summed E-state index contributed by atoms with van der Waals surface area (Å²) in [6, 6.07) is 5.14. The van der Waals surface area contributed by atoms with Crippen LogP contribution in [0.3, 0.4) is 0 Å². The number of aliphatic hydroxyl groups is 1. The Bertz CT molecular complexity index is 443. The minimum atomic E-state index is -0.837. The molecule has 1 aromatic rings. The van der Waals surface area contributed by atoms with Gasteiger partial charge in [0, 0.05) is 6.42 Å². The van der Waals surface area contributed by atoms with E-state index in [-0.39, 0.29) is 5.97 Å². The molecule has 98 valence electrons. The Morgan fingerprint density at radius 2 is 2.06 bits per heavy atom. The zero-order valence-electron chi connectivity index (χ0n) is 10.4. The van der Waals surface area contributed by atoms with Gasteiger partial charge in [0.2, 0.25) is 0 Å². The van der Waals surface area contributed by atoms with E-state index in [1.54, 1.807) is 25.3 Å². The zero-order valence-corrected chi connectivity index (χ0v) is 10.4. The summed E-state index contributed by atoms with van der Waals surface area (Å²) in [5, 5.41) is 10.1. The fourth-order valence-corrected chi connectivity index (χ4v) is 2.02. The van der Waals surface area contributed by atoms with Gasteiger partial charge in [0.05, 0.1) is 14.2 Å². The lowest BCUT2D eigenvalue weighted by atomic mass is 10.0. The molecule has 0 amide bonds. The van der Waals surface area contributed by atoms with E-state index in [0.29, 0.717) is 29.9 Å². The fraction of sp³-hybridized carbons (Fsp3) is 0.462. The molecule has 1 heterocycles. The van der Waals surface area contributed by atoms with Crippen LogP contribution < -0.4 is 9.47 Å². The van der Waals surface area contributed by atoms with E-state index in [2.05, 4.69) is 0 Å². The van der Waals surface area contributed by atoms with Crippen LogP contribution in [-0.2, 0) is 9.53 Å². The summed E-state index contributed by atoms with van der Waals surface area (Å²) >= 11 is 0. The first-order valence-corrected chi connectivity index (χ1v) is 5.75. The smallest absolute Gasteiger partial charge is 0.306 e. The standard InChI is InChI=1S/C13H16O5/c1-16-9-4-3-8(7-11(9)17-2)13(15)10-5-6-12(14)18-10/h3-4,7,10,13,15H,5-6H2,1-2H3/t10-,13+/m1/s1. The van der Waals surface area contributed by atoms with Crippen molar-refractivity contribution in [2.24, 2.45) is 0 Å². The summed E-state index contributed by atoms with van der Waals surface area (Å²) in [6.45, 7) is 0. The molecule has 0 bridgehead atoms. The molecule has 1 fully saturated rings. The summed E-state index contributed by atoms with van der Waals surface area (Å²) < 4.78 is 15.3. The lowest BCUT2D eigenvalue weighted by molar-refractivity contribution is -0.145. The van der Waals surface area contributed by atoms with Crippen molar-refractivity contribution >= 4 is 5.97 Å². The molecule has 5 nitrogen and oxygen atoms in total. The van der Waals surface area contributed by atoms with Crippen molar-refractivity contribution in [3.8, 4) is 11.5 Å². The largest absolute Gasteiger partial charge is 0.493 e. The molecule has 1 saturated heterocycles. The molecule has 2 atom stereocenters. The van der Waals surface area contributed by atoms with Crippen LogP contribution in [0.1, 0.15) is 24.5 Å². The van der Waals surface area contributed by atoms with Crippen LogP contribution in [-0.4, -0.2) is 31.4 Å². The predicted molar refractivity (Wildman–Crippen MR) is 63.6 cm³/mol. The van der Waals surface area contributed by atoms with E-state index in [0.717, 1.165) is 0 Å². The third-order valence-electron chi connectivity index (χ3n) is 3.02. The predicted octanol–water partition coefficient (Wildman–Crippen LogP) is 1.44. The second-order valence-corrected chi connectivity index (χ2v) is 4.13. The van der Waals surface area contributed by atoms with Crippen LogP contribution in [0.5, 0.6) is 11.5 Å². The van der Waals surface area contributed by atoms with Gasteiger partial charge >= 0.3 is 5.97 Å². The normalized spacial score (nSPS) is 20.4. The summed E-state index contributed by atoms with van der Waals surface area (Å²) in [5.74, 6) is 0.870. The van der Waals surface area contributed by atoms with Crippen molar-refractivity contribution in [3.63, 3.8) is 0 Å². The number of esters is 1. The number of hydrogen-bond acceptors (Lipinski definition) is 5. The van der Waals surface area contributed by atoms with Crippen molar-refractivity contribution in [2.75, 3.05) is 14.2 Å². The highest BCUT2D eigenvalue weighted by molar-refractivity contribution is 5.71. The van der Waals surface area contributed by atoms with Gasteiger partial charge in [-0.1, -0.05) is 6.07 Å². The maximum absolute atomic E-state index is 11.0. The Balaban J connectivity index is 2.20. The highest BCUT2D eigenvalue weighted by Gasteiger charge is 2.31. The Labute approximate surface area is 105 Å². The lowest BCUT2D eigenvalue weighted by Crippen LogP contribution is -2.18. The van der Waals surface area contributed by atoms with Gasteiger partial charge in [-0.2, -0.15) is 0 Å². The highest BCUT2D eigenvalue weighted by atomic mass is 16.6. The van der Waals surface area contributed by atoms with Crippen molar-refractivity contribution < 1.29 is 24.1 Å². The Morgan fingerprint density at radius 1 is 1.33 bits per heavy atom. The van der Waals surface area contributed by atoms with Crippen LogP contribution in [0.25, 0.3) is 0 Å². The van der Waals surface area contributed by atoms with E-state index in [4.69, 9.17) is 14.2 Å². The Kier molecular flexibility index (Phi) is 3.72. The van der Waals surface area contributed by atoms with E-state index in [1.165, 1.54) is 7.11 Å². The van der Waals surface area contributed by atoms with E-state index in [9.17, 15) is 9.90 Å². The molecule has 18 heavy (non-hydrogen) atoms. The van der Waals surface area contributed by atoms with Gasteiger partial charge in [-0.3, -0.25) is 4.79 Å². The van der Waals surface area contributed by atoms with Gasteiger partial charge in [-0.05, 0) is 24.1 Å². The van der Waals surface area contributed by atoms with E-state index < -0.39 is 12.2 Å². The second kappa shape index (κ2) is 5.27. The number of ether oxygens (including phenoxy) is 3. The fourth-order valence-electron chi connectivity index (χ4n) is 2.02. The van der Waals surface area contributed by atoms with Crippen LogP contribution >= 0.6 is 0 Å². The quantitative estimate of drug-likeness (QED) is 0.821. The SMILES string of the molecule is COc1ccc([C@H](O)[C@H]2CCC(=O)O2)cc1OC.